The molecule has 0 fully saturated rings. The minimum absolute atomic E-state index is 0.0766. The van der Waals surface area contributed by atoms with E-state index in [1.807, 2.05) is 13.0 Å². The van der Waals surface area contributed by atoms with Crippen molar-refractivity contribution in [3.05, 3.63) is 41.1 Å². The van der Waals surface area contributed by atoms with E-state index in [0.717, 1.165) is 16.2 Å². The summed E-state index contributed by atoms with van der Waals surface area (Å²) in [5.41, 5.74) is 1.86. The summed E-state index contributed by atoms with van der Waals surface area (Å²) in [6, 6.07) is 4.98. The molecule has 0 unspecified atom stereocenters. The maximum atomic E-state index is 11.2. The third kappa shape index (κ3) is 2.64. The average Bonchev–Trinajstić information content (AvgIpc) is 2.84. The van der Waals surface area contributed by atoms with Gasteiger partial charge in [-0.1, -0.05) is 12.1 Å². The van der Waals surface area contributed by atoms with E-state index in [1.54, 1.807) is 12.3 Å². The molecule has 2 aromatic rings. The molecule has 0 spiro atoms. The van der Waals surface area contributed by atoms with Gasteiger partial charge in [0.25, 0.3) is 0 Å². The lowest BCUT2D eigenvalue weighted by Gasteiger charge is -2.27. The molecule has 21 heavy (non-hydrogen) atoms. The minimum atomic E-state index is -1.06. The molecule has 6 nitrogen and oxygen atoms in total. The smallest absolute Gasteiger partial charge is 0.535 e. The summed E-state index contributed by atoms with van der Waals surface area (Å²) in [6.45, 7) is 1.93. The van der Waals surface area contributed by atoms with E-state index in [4.69, 9.17) is 9.76 Å². The van der Waals surface area contributed by atoms with Crippen molar-refractivity contribution in [3.63, 3.8) is 0 Å². The van der Waals surface area contributed by atoms with Crippen molar-refractivity contribution in [2.24, 2.45) is 0 Å². The summed E-state index contributed by atoms with van der Waals surface area (Å²) >= 11 is 1.44. The maximum absolute atomic E-state index is 11.2. The van der Waals surface area contributed by atoms with Crippen molar-refractivity contribution in [2.75, 3.05) is 0 Å². The number of benzene rings is 1. The normalized spacial score (nSPS) is 17.2. The van der Waals surface area contributed by atoms with E-state index in [9.17, 15) is 9.82 Å². The maximum Gasteiger partial charge on any atom is 0.537 e. The summed E-state index contributed by atoms with van der Waals surface area (Å²) in [7, 11) is -1.06. The molecule has 0 bridgehead atoms. The Hall–Kier alpha value is -1.93. The van der Waals surface area contributed by atoms with Crippen LogP contribution in [0.3, 0.4) is 0 Å². The molecule has 3 rings (SSSR count). The number of fused-ring (bicyclic) bond motifs is 1. The zero-order valence-corrected chi connectivity index (χ0v) is 12.1. The van der Waals surface area contributed by atoms with Gasteiger partial charge in [-0.3, -0.25) is 5.10 Å². The molecule has 1 aromatic heterocycles. The highest BCUT2D eigenvalue weighted by molar-refractivity contribution is 8.01. The molecular formula is C13H13BN2O4S. The first-order chi connectivity index (χ1) is 10.1. The lowest BCUT2D eigenvalue weighted by molar-refractivity contribution is 0.0694. The van der Waals surface area contributed by atoms with Gasteiger partial charge in [-0.2, -0.15) is 5.10 Å². The summed E-state index contributed by atoms with van der Waals surface area (Å²) in [4.78, 5) is 11.2. The van der Waals surface area contributed by atoms with Crippen LogP contribution in [0.4, 0.5) is 0 Å². The van der Waals surface area contributed by atoms with Crippen LogP contribution < -0.4 is 4.65 Å². The SMILES string of the molecule is Cc1cn[nH]c1S[C@H]1Cc2cccc(C(=O)O)c2OB1O. The van der Waals surface area contributed by atoms with Gasteiger partial charge in [0.05, 0.1) is 21.9 Å². The number of thioether (sulfide) groups is 1. The number of aromatic carboxylic acids is 1. The second kappa shape index (κ2) is 5.46. The van der Waals surface area contributed by atoms with Crippen LogP contribution >= 0.6 is 11.8 Å². The summed E-state index contributed by atoms with van der Waals surface area (Å²) in [5, 5.41) is 26.8. The molecule has 8 heteroatoms. The van der Waals surface area contributed by atoms with Gasteiger partial charge < -0.3 is 14.8 Å². The molecule has 1 aromatic carbocycles. The third-order valence-electron chi connectivity index (χ3n) is 3.36. The number of aromatic amines is 1. The highest BCUT2D eigenvalue weighted by Gasteiger charge is 2.37. The standard InChI is InChI=1S/C13H13BN2O4S/c1-7-6-15-16-12(7)21-10-5-8-3-2-4-9(13(17)18)11(8)20-14(10)19/h2-4,6,10,19H,5H2,1H3,(H,15,16)(H,17,18)/t10-/m0/s1. The van der Waals surface area contributed by atoms with Gasteiger partial charge in [0.2, 0.25) is 0 Å². The van der Waals surface area contributed by atoms with E-state index in [-0.39, 0.29) is 16.5 Å². The Morgan fingerprint density at radius 3 is 3.05 bits per heavy atom. The van der Waals surface area contributed by atoms with Crippen LogP contribution in [0.15, 0.2) is 29.4 Å². The van der Waals surface area contributed by atoms with Gasteiger partial charge in [0, 0.05) is 5.56 Å². The highest BCUT2D eigenvalue weighted by Crippen LogP contribution is 2.36. The van der Waals surface area contributed by atoms with E-state index in [2.05, 4.69) is 10.2 Å². The van der Waals surface area contributed by atoms with Gasteiger partial charge in [-0.05, 0) is 25.0 Å². The Labute approximate surface area is 125 Å². The summed E-state index contributed by atoms with van der Waals surface area (Å²) < 4.78 is 5.45. The molecule has 0 radical (unpaired) electrons. The van der Waals surface area contributed by atoms with Crippen LogP contribution in [-0.4, -0.2) is 38.6 Å². The number of aromatic nitrogens is 2. The lowest BCUT2D eigenvalue weighted by Crippen LogP contribution is -2.40. The van der Waals surface area contributed by atoms with E-state index >= 15 is 0 Å². The van der Waals surface area contributed by atoms with Crippen molar-refractivity contribution < 1.29 is 19.6 Å². The molecule has 1 atom stereocenters. The zero-order chi connectivity index (χ0) is 15.0. The highest BCUT2D eigenvalue weighted by atomic mass is 32.2. The number of nitrogens with one attached hydrogen (secondary N) is 1. The van der Waals surface area contributed by atoms with Crippen LogP contribution in [0, 0.1) is 6.92 Å². The lowest BCUT2D eigenvalue weighted by atomic mass is 9.77. The molecule has 2 heterocycles. The Kier molecular flexibility index (Phi) is 3.65. The number of aryl methyl sites for hydroxylation is 1. The van der Waals surface area contributed by atoms with Gasteiger partial charge in [0.1, 0.15) is 5.75 Å². The Morgan fingerprint density at radius 2 is 2.38 bits per heavy atom. The first-order valence-electron chi connectivity index (χ1n) is 6.43. The topological polar surface area (TPSA) is 95.4 Å². The first-order valence-corrected chi connectivity index (χ1v) is 7.30. The monoisotopic (exact) mass is 304 g/mol. The molecule has 0 saturated carbocycles. The molecule has 0 saturated heterocycles. The predicted molar refractivity (Wildman–Crippen MR) is 78.7 cm³/mol. The number of hydrogen-bond acceptors (Lipinski definition) is 5. The molecule has 3 N–H and O–H groups in total. The van der Waals surface area contributed by atoms with E-state index in [1.165, 1.54) is 17.8 Å². The van der Waals surface area contributed by atoms with Crippen LogP contribution in [0.2, 0.25) is 0 Å². The summed E-state index contributed by atoms with van der Waals surface area (Å²) in [5.74, 6) is -0.801. The summed E-state index contributed by atoms with van der Waals surface area (Å²) in [6.07, 6.45) is 2.25. The van der Waals surface area contributed by atoms with E-state index in [0.29, 0.717) is 6.42 Å². The molecule has 108 valence electrons. The predicted octanol–water partition coefficient (Wildman–Crippen LogP) is 1.53. The number of hydrogen-bond donors (Lipinski definition) is 3. The number of carboxylic acid groups (broad SMARTS) is 1. The van der Waals surface area contributed by atoms with Gasteiger partial charge in [-0.15, -0.1) is 11.8 Å². The van der Waals surface area contributed by atoms with E-state index < -0.39 is 13.1 Å². The number of H-pyrrole nitrogens is 1. The molecular weight excluding hydrogens is 291 g/mol. The van der Waals surface area contributed by atoms with Crippen molar-refractivity contribution in [1.29, 1.82) is 0 Å². The molecule has 1 aliphatic heterocycles. The first kappa shape index (κ1) is 14.0. The van der Waals surface area contributed by atoms with Gasteiger partial charge in [-0.25, -0.2) is 4.79 Å². The number of para-hydroxylation sites is 1. The van der Waals surface area contributed by atoms with Gasteiger partial charge in [0.15, 0.2) is 0 Å². The van der Waals surface area contributed by atoms with Crippen molar-refractivity contribution in [2.45, 2.75) is 23.5 Å². The third-order valence-corrected chi connectivity index (χ3v) is 4.71. The largest absolute Gasteiger partial charge is 0.537 e. The molecule has 0 aliphatic carbocycles. The number of rotatable bonds is 3. The number of carboxylic acids is 1. The number of carbonyl (C=O) groups is 1. The van der Waals surface area contributed by atoms with Crippen molar-refractivity contribution in [3.8, 4) is 5.75 Å². The Bertz CT molecular complexity index is 691. The second-order valence-electron chi connectivity index (χ2n) is 4.85. The molecule has 0 amide bonds. The Balaban J connectivity index is 1.87. The van der Waals surface area contributed by atoms with Crippen molar-refractivity contribution >= 4 is 24.8 Å². The number of nitrogens with zero attached hydrogens (tertiary/aromatic N) is 1. The van der Waals surface area contributed by atoms with Crippen LogP contribution in [0.5, 0.6) is 5.75 Å². The van der Waals surface area contributed by atoms with Crippen LogP contribution in [0.25, 0.3) is 0 Å². The van der Waals surface area contributed by atoms with Crippen molar-refractivity contribution in [1.82, 2.24) is 10.2 Å². The zero-order valence-electron chi connectivity index (χ0n) is 11.2. The van der Waals surface area contributed by atoms with Gasteiger partial charge >= 0.3 is 13.1 Å². The Morgan fingerprint density at radius 1 is 1.57 bits per heavy atom. The fourth-order valence-corrected chi connectivity index (χ4v) is 3.35. The van der Waals surface area contributed by atoms with Crippen LogP contribution in [-0.2, 0) is 6.42 Å². The minimum Gasteiger partial charge on any atom is -0.535 e. The fourth-order valence-electron chi connectivity index (χ4n) is 2.27. The fraction of sp³-hybridized carbons (Fsp3) is 0.231. The van der Waals surface area contributed by atoms with Crippen LogP contribution in [0.1, 0.15) is 21.5 Å². The quantitative estimate of drug-likeness (QED) is 0.744. The molecule has 1 aliphatic rings. The second-order valence-corrected chi connectivity index (χ2v) is 6.10. The average molecular weight is 304 g/mol.